The summed E-state index contributed by atoms with van der Waals surface area (Å²) in [5.74, 6) is 2.70. The van der Waals surface area contributed by atoms with Gasteiger partial charge in [-0.3, -0.25) is 0 Å². The zero-order chi connectivity index (χ0) is 22.4. The number of fused-ring (bicyclic) bond motifs is 1. The van der Waals surface area contributed by atoms with Crippen LogP contribution in [0.2, 0.25) is 5.28 Å². The van der Waals surface area contributed by atoms with Gasteiger partial charge in [0.15, 0.2) is 11.5 Å². The molecule has 1 aromatic heterocycles. The van der Waals surface area contributed by atoms with E-state index in [2.05, 4.69) is 31.6 Å². The summed E-state index contributed by atoms with van der Waals surface area (Å²) in [7, 11) is 8.91. The predicted molar refractivity (Wildman–Crippen MR) is 125 cm³/mol. The van der Waals surface area contributed by atoms with Crippen molar-refractivity contribution in [3.05, 3.63) is 41.2 Å². The second-order valence-corrected chi connectivity index (χ2v) is 7.36. The first-order valence-corrected chi connectivity index (χ1v) is 10.2. The molecule has 0 aliphatic heterocycles. The molecule has 1 heterocycles. The average Bonchev–Trinajstić information content (AvgIpc) is 2.77. The van der Waals surface area contributed by atoms with Crippen LogP contribution in [0.25, 0.3) is 10.9 Å². The Hall–Kier alpha value is -2.97. The highest BCUT2D eigenvalue weighted by atomic mass is 35.5. The third-order valence-corrected chi connectivity index (χ3v) is 5.05. The van der Waals surface area contributed by atoms with Crippen molar-refractivity contribution >= 4 is 34.0 Å². The second-order valence-electron chi connectivity index (χ2n) is 7.02. The number of hydrogen-bond donors (Lipinski definition) is 2. The molecule has 0 aliphatic rings. The normalized spacial score (nSPS) is 10.8. The van der Waals surface area contributed by atoms with Crippen LogP contribution in [0.15, 0.2) is 30.3 Å². The number of methoxy groups -OCH3 is 3. The SMILES string of the molecule is COc1cc2nc(Cl)nc(NCCNCc3c(OC)cccc3N(C)C)c2cc1OC. The van der Waals surface area contributed by atoms with Gasteiger partial charge >= 0.3 is 0 Å². The number of rotatable bonds is 10. The molecule has 0 radical (unpaired) electrons. The maximum absolute atomic E-state index is 6.13. The van der Waals surface area contributed by atoms with Crippen molar-refractivity contribution in [1.82, 2.24) is 15.3 Å². The highest BCUT2D eigenvalue weighted by Gasteiger charge is 2.13. The van der Waals surface area contributed by atoms with Gasteiger partial charge in [-0.1, -0.05) is 6.07 Å². The first-order valence-electron chi connectivity index (χ1n) is 9.85. The predicted octanol–water partition coefficient (Wildman–Crippen LogP) is 3.58. The van der Waals surface area contributed by atoms with Gasteiger partial charge < -0.3 is 29.7 Å². The molecule has 0 saturated heterocycles. The van der Waals surface area contributed by atoms with Crippen LogP contribution in [0, 0.1) is 0 Å². The van der Waals surface area contributed by atoms with Crippen molar-refractivity contribution in [2.45, 2.75) is 6.54 Å². The molecule has 0 fully saturated rings. The van der Waals surface area contributed by atoms with Crippen molar-refractivity contribution in [3.63, 3.8) is 0 Å². The smallest absolute Gasteiger partial charge is 0.224 e. The van der Waals surface area contributed by atoms with Gasteiger partial charge in [0, 0.05) is 56.4 Å². The molecule has 31 heavy (non-hydrogen) atoms. The first kappa shape index (κ1) is 22.7. The molecule has 0 spiro atoms. The van der Waals surface area contributed by atoms with Crippen molar-refractivity contribution < 1.29 is 14.2 Å². The number of nitrogens with zero attached hydrogens (tertiary/aromatic N) is 3. The Morgan fingerprint density at radius 3 is 2.32 bits per heavy atom. The molecule has 3 aromatic rings. The van der Waals surface area contributed by atoms with Gasteiger partial charge in [-0.2, -0.15) is 0 Å². The Morgan fingerprint density at radius 2 is 1.65 bits per heavy atom. The second kappa shape index (κ2) is 10.4. The molecule has 8 nitrogen and oxygen atoms in total. The summed E-state index contributed by atoms with van der Waals surface area (Å²) in [6.07, 6.45) is 0. The maximum atomic E-state index is 6.13. The number of benzene rings is 2. The lowest BCUT2D eigenvalue weighted by atomic mass is 10.1. The number of ether oxygens (including phenoxy) is 3. The fraction of sp³-hybridized carbons (Fsp3) is 0.364. The third-order valence-electron chi connectivity index (χ3n) is 4.88. The Morgan fingerprint density at radius 1 is 0.935 bits per heavy atom. The lowest BCUT2D eigenvalue weighted by Gasteiger charge is -2.20. The first-order chi connectivity index (χ1) is 15.0. The van der Waals surface area contributed by atoms with E-state index in [1.807, 2.05) is 32.3 Å². The van der Waals surface area contributed by atoms with E-state index in [1.165, 1.54) is 0 Å². The number of nitrogens with one attached hydrogen (secondary N) is 2. The summed E-state index contributed by atoms with van der Waals surface area (Å²) >= 11 is 6.13. The molecule has 0 atom stereocenters. The van der Waals surface area contributed by atoms with E-state index >= 15 is 0 Å². The molecule has 9 heteroatoms. The Bertz CT molecular complexity index is 1050. The molecule has 166 valence electrons. The molecule has 0 amide bonds. The van der Waals surface area contributed by atoms with Crippen LogP contribution in [-0.2, 0) is 6.54 Å². The molecule has 0 aliphatic carbocycles. The number of aromatic nitrogens is 2. The van der Waals surface area contributed by atoms with Crippen LogP contribution < -0.4 is 29.7 Å². The molecule has 0 bridgehead atoms. The molecule has 0 unspecified atom stereocenters. The Kier molecular flexibility index (Phi) is 7.59. The van der Waals surface area contributed by atoms with Crippen LogP contribution in [-0.4, -0.2) is 58.5 Å². The van der Waals surface area contributed by atoms with E-state index in [0.29, 0.717) is 42.5 Å². The van der Waals surface area contributed by atoms with E-state index in [0.717, 1.165) is 22.4 Å². The Balaban J connectivity index is 1.69. The van der Waals surface area contributed by atoms with Gasteiger partial charge in [0.2, 0.25) is 5.28 Å². The van der Waals surface area contributed by atoms with Gasteiger partial charge in [0.25, 0.3) is 0 Å². The minimum atomic E-state index is 0.167. The topological polar surface area (TPSA) is 80.8 Å². The molecular weight excluding hydrogens is 418 g/mol. The summed E-state index contributed by atoms with van der Waals surface area (Å²) in [4.78, 5) is 10.7. The maximum Gasteiger partial charge on any atom is 0.224 e. The number of anilines is 2. The minimum absolute atomic E-state index is 0.167. The van der Waals surface area contributed by atoms with E-state index in [4.69, 9.17) is 25.8 Å². The van der Waals surface area contributed by atoms with Crippen LogP contribution in [0.4, 0.5) is 11.5 Å². The average molecular weight is 446 g/mol. The quantitative estimate of drug-likeness (QED) is 0.362. The van der Waals surface area contributed by atoms with Crippen molar-refractivity contribution in [2.24, 2.45) is 0 Å². The summed E-state index contributed by atoms with van der Waals surface area (Å²) in [6.45, 7) is 2.03. The van der Waals surface area contributed by atoms with Crippen LogP contribution in [0.3, 0.4) is 0 Å². The van der Waals surface area contributed by atoms with Gasteiger partial charge in [-0.25, -0.2) is 9.97 Å². The number of halogens is 1. The fourth-order valence-corrected chi connectivity index (χ4v) is 3.56. The zero-order valence-electron chi connectivity index (χ0n) is 18.5. The summed E-state index contributed by atoms with van der Waals surface area (Å²) in [5.41, 5.74) is 2.91. The lowest BCUT2D eigenvalue weighted by Crippen LogP contribution is -2.24. The van der Waals surface area contributed by atoms with Crippen molar-refractivity contribution in [1.29, 1.82) is 0 Å². The fourth-order valence-electron chi connectivity index (χ4n) is 3.39. The summed E-state index contributed by atoms with van der Waals surface area (Å²) in [5, 5.41) is 7.76. The molecule has 3 rings (SSSR count). The van der Waals surface area contributed by atoms with Crippen LogP contribution >= 0.6 is 11.6 Å². The van der Waals surface area contributed by atoms with E-state index < -0.39 is 0 Å². The summed E-state index contributed by atoms with van der Waals surface area (Å²) < 4.78 is 16.3. The van der Waals surface area contributed by atoms with Crippen LogP contribution in [0.1, 0.15) is 5.56 Å². The lowest BCUT2D eigenvalue weighted by molar-refractivity contribution is 0.356. The van der Waals surface area contributed by atoms with E-state index in [1.54, 1.807) is 27.4 Å². The van der Waals surface area contributed by atoms with Gasteiger partial charge in [0.1, 0.15) is 11.6 Å². The molecule has 2 N–H and O–H groups in total. The minimum Gasteiger partial charge on any atom is -0.496 e. The molecule has 2 aromatic carbocycles. The largest absolute Gasteiger partial charge is 0.496 e. The molecular formula is C22H28ClN5O3. The van der Waals surface area contributed by atoms with Gasteiger partial charge in [-0.05, 0) is 29.8 Å². The monoisotopic (exact) mass is 445 g/mol. The van der Waals surface area contributed by atoms with Crippen molar-refractivity contribution in [2.75, 3.05) is 58.7 Å². The van der Waals surface area contributed by atoms with Gasteiger partial charge in [0.05, 0.1) is 26.8 Å². The van der Waals surface area contributed by atoms with Crippen molar-refractivity contribution in [3.8, 4) is 17.2 Å². The highest BCUT2D eigenvalue weighted by Crippen LogP contribution is 2.34. The summed E-state index contributed by atoms with van der Waals surface area (Å²) in [6, 6.07) is 9.67. The number of hydrogen-bond acceptors (Lipinski definition) is 8. The van der Waals surface area contributed by atoms with E-state index in [9.17, 15) is 0 Å². The highest BCUT2D eigenvalue weighted by molar-refractivity contribution is 6.28. The standard InChI is InChI=1S/C22H28ClN5O3/c1-28(2)17-7-6-8-18(29-3)15(17)13-24-9-10-25-21-14-11-19(30-4)20(31-5)12-16(14)26-22(23)27-21/h6-8,11-12,24H,9-10,13H2,1-5H3,(H,25,26,27). The van der Waals surface area contributed by atoms with Gasteiger partial charge in [-0.15, -0.1) is 0 Å². The zero-order valence-corrected chi connectivity index (χ0v) is 19.2. The molecule has 0 saturated carbocycles. The Labute approximate surface area is 187 Å². The van der Waals surface area contributed by atoms with E-state index in [-0.39, 0.29) is 5.28 Å². The van der Waals surface area contributed by atoms with Crippen LogP contribution in [0.5, 0.6) is 17.2 Å². The third kappa shape index (κ3) is 5.21.